The Morgan fingerprint density at radius 1 is 1.00 bits per heavy atom. The Balaban J connectivity index is 1.90. The minimum absolute atomic E-state index is 0.0950. The molecule has 0 bridgehead atoms. The lowest BCUT2D eigenvalue weighted by Crippen LogP contribution is -2.06. The Labute approximate surface area is 158 Å². The quantitative estimate of drug-likeness (QED) is 0.862. The summed E-state index contributed by atoms with van der Waals surface area (Å²) in [5.41, 5.74) is 1.86. The fourth-order valence-corrected chi connectivity index (χ4v) is 3.38. The second-order valence-corrected chi connectivity index (χ2v) is 7.25. The monoisotopic (exact) mass is 382 g/mol. The zero-order valence-electron chi connectivity index (χ0n) is 14.6. The fourth-order valence-electron chi connectivity index (χ4n) is 2.37. The summed E-state index contributed by atoms with van der Waals surface area (Å²) in [6.07, 6.45) is 17.0. The molecule has 0 aromatic heterocycles. The molecule has 0 saturated heterocycles. The average Bonchev–Trinajstić information content (AvgIpc) is 2.68. The average molecular weight is 382 g/mol. The third-order valence-corrected chi connectivity index (χ3v) is 5.11. The van der Waals surface area contributed by atoms with Gasteiger partial charge in [-0.05, 0) is 48.1 Å². The molecule has 0 unspecified atom stereocenters. The van der Waals surface area contributed by atoms with Crippen molar-refractivity contribution in [3.63, 3.8) is 0 Å². The Kier molecular flexibility index (Phi) is 5.54. The van der Waals surface area contributed by atoms with Crippen molar-refractivity contribution in [3.05, 3.63) is 96.4 Å². The van der Waals surface area contributed by atoms with E-state index in [4.69, 9.17) is 4.74 Å². The lowest BCUT2D eigenvalue weighted by Gasteiger charge is -2.10. The number of rotatable bonds is 4. The van der Waals surface area contributed by atoms with E-state index in [0.29, 0.717) is 17.0 Å². The van der Waals surface area contributed by atoms with Crippen LogP contribution in [0.4, 0.5) is 0 Å². The molecule has 138 valence electrons. The fraction of sp³-hybridized carbons (Fsp3) is 0.0500. The van der Waals surface area contributed by atoms with Crippen molar-refractivity contribution >= 4 is 15.7 Å². The van der Waals surface area contributed by atoms with E-state index in [0.717, 1.165) is 10.6 Å². The van der Waals surface area contributed by atoms with Gasteiger partial charge in [-0.1, -0.05) is 30.4 Å². The van der Waals surface area contributed by atoms with Crippen LogP contribution >= 0.6 is 0 Å². The number of ether oxygens (including phenoxy) is 1. The van der Waals surface area contributed by atoms with Gasteiger partial charge in [0.25, 0.3) is 10.0 Å². The highest BCUT2D eigenvalue weighted by Crippen LogP contribution is 2.20. The summed E-state index contributed by atoms with van der Waals surface area (Å²) in [7, 11) is -2.33. The van der Waals surface area contributed by atoms with E-state index in [1.807, 2.05) is 12.2 Å². The predicted octanol–water partition coefficient (Wildman–Crippen LogP) is 3.54. The van der Waals surface area contributed by atoms with Crippen LogP contribution < -0.4 is 4.74 Å². The van der Waals surface area contributed by atoms with Crippen LogP contribution in [0.3, 0.4) is 0 Å². The molecule has 1 N–H and O–H groups in total. The van der Waals surface area contributed by atoms with E-state index >= 15 is 0 Å². The van der Waals surface area contributed by atoms with Crippen LogP contribution in [0.5, 0.6) is 5.75 Å². The van der Waals surface area contributed by atoms with Gasteiger partial charge in [0.2, 0.25) is 0 Å². The Hall–Kier alpha value is -3.16. The highest BCUT2D eigenvalue weighted by Gasteiger charge is 2.15. The number of sulfonamides is 1. The van der Waals surface area contributed by atoms with E-state index in [2.05, 4.69) is 4.40 Å². The van der Waals surface area contributed by atoms with Crippen LogP contribution in [0.1, 0.15) is 0 Å². The van der Waals surface area contributed by atoms with Crippen LogP contribution in [0, 0.1) is 0 Å². The minimum Gasteiger partial charge on any atom is -0.497 e. The molecule has 0 saturated carbocycles. The number of hydrogen-bond acceptors (Lipinski definition) is 5. The summed E-state index contributed by atoms with van der Waals surface area (Å²) in [4.78, 5) is 0.0950. The van der Waals surface area contributed by atoms with Crippen molar-refractivity contribution in [2.24, 2.45) is 4.40 Å². The van der Waals surface area contributed by atoms with Crippen molar-refractivity contribution in [1.29, 1.82) is 0 Å². The molecule has 1 aliphatic heterocycles. The SMILES string of the molecule is COc1ccc(S(=O)(=O)/N=C2/C=CC=CC2=CC=C2C=CN(O)C=C2)cc1. The highest BCUT2D eigenvalue weighted by molar-refractivity contribution is 7.90. The molecule has 3 rings (SSSR count). The molecular weight excluding hydrogens is 364 g/mol. The summed E-state index contributed by atoms with van der Waals surface area (Å²) in [6.45, 7) is 0. The van der Waals surface area contributed by atoms with E-state index in [9.17, 15) is 13.6 Å². The Bertz CT molecular complexity index is 1010. The minimum atomic E-state index is -3.85. The van der Waals surface area contributed by atoms with Crippen LogP contribution in [-0.2, 0) is 10.0 Å². The summed E-state index contributed by atoms with van der Waals surface area (Å²) in [6, 6.07) is 6.09. The van der Waals surface area contributed by atoms with Crippen LogP contribution in [0.15, 0.2) is 106 Å². The maximum Gasteiger partial charge on any atom is 0.282 e. The van der Waals surface area contributed by atoms with Crippen LogP contribution in [-0.4, -0.2) is 31.5 Å². The zero-order valence-corrected chi connectivity index (χ0v) is 15.4. The van der Waals surface area contributed by atoms with Gasteiger partial charge in [0, 0.05) is 18.0 Å². The van der Waals surface area contributed by atoms with Gasteiger partial charge in [0.1, 0.15) is 5.75 Å². The second kappa shape index (κ2) is 8.03. The predicted molar refractivity (Wildman–Crippen MR) is 104 cm³/mol. The zero-order chi connectivity index (χ0) is 19.3. The van der Waals surface area contributed by atoms with Crippen molar-refractivity contribution in [3.8, 4) is 5.75 Å². The van der Waals surface area contributed by atoms with E-state index < -0.39 is 10.0 Å². The first-order valence-corrected chi connectivity index (χ1v) is 9.52. The smallest absolute Gasteiger partial charge is 0.282 e. The molecule has 2 aliphatic rings. The van der Waals surface area contributed by atoms with Crippen molar-refractivity contribution < 1.29 is 18.4 Å². The van der Waals surface area contributed by atoms with Crippen molar-refractivity contribution in [2.45, 2.75) is 4.90 Å². The molecule has 6 nitrogen and oxygen atoms in total. The van der Waals surface area contributed by atoms with Gasteiger partial charge in [0.05, 0.1) is 17.7 Å². The highest BCUT2D eigenvalue weighted by atomic mass is 32.2. The molecule has 1 heterocycles. The molecule has 0 spiro atoms. The maximum absolute atomic E-state index is 12.6. The summed E-state index contributed by atoms with van der Waals surface area (Å²) in [5.74, 6) is 0.573. The van der Waals surface area contributed by atoms with E-state index in [-0.39, 0.29) is 4.90 Å². The number of nitrogens with zero attached hydrogens (tertiary/aromatic N) is 2. The van der Waals surface area contributed by atoms with Gasteiger partial charge in [-0.2, -0.15) is 12.8 Å². The van der Waals surface area contributed by atoms with Gasteiger partial charge in [-0.25, -0.2) is 5.06 Å². The normalized spacial score (nSPS) is 19.2. The number of methoxy groups -OCH3 is 1. The Morgan fingerprint density at radius 3 is 2.33 bits per heavy atom. The largest absolute Gasteiger partial charge is 0.497 e. The van der Waals surface area contributed by atoms with Crippen molar-refractivity contribution in [1.82, 2.24) is 5.06 Å². The van der Waals surface area contributed by atoms with Gasteiger partial charge in [0.15, 0.2) is 0 Å². The molecule has 0 atom stereocenters. The van der Waals surface area contributed by atoms with Crippen molar-refractivity contribution in [2.75, 3.05) is 7.11 Å². The summed E-state index contributed by atoms with van der Waals surface area (Å²) >= 11 is 0. The third-order valence-electron chi connectivity index (χ3n) is 3.81. The molecule has 27 heavy (non-hydrogen) atoms. The molecule has 0 fully saturated rings. The number of allylic oxidation sites excluding steroid dienone is 10. The second-order valence-electron chi connectivity index (χ2n) is 5.65. The topological polar surface area (TPSA) is 79.2 Å². The lowest BCUT2D eigenvalue weighted by molar-refractivity contribution is 0.0105. The molecule has 7 heteroatoms. The standard InChI is InChI=1S/C20H18N2O4S/c1-26-18-8-10-19(11-9-18)27(24,25)21-20-5-3-2-4-17(20)7-6-16-12-14-22(23)15-13-16/h2-15,23H,1H3/b17-7?,21-20-. The maximum atomic E-state index is 12.6. The van der Waals surface area contributed by atoms with E-state index in [1.165, 1.54) is 31.6 Å². The summed E-state index contributed by atoms with van der Waals surface area (Å²) < 4.78 is 34.2. The number of hydroxylamine groups is 2. The van der Waals surface area contributed by atoms with Gasteiger partial charge >= 0.3 is 0 Å². The molecule has 0 radical (unpaired) electrons. The number of benzene rings is 1. The van der Waals surface area contributed by atoms with Gasteiger partial charge < -0.3 is 4.74 Å². The van der Waals surface area contributed by atoms with Gasteiger partial charge in [-0.15, -0.1) is 0 Å². The van der Waals surface area contributed by atoms with Crippen LogP contribution in [0.25, 0.3) is 0 Å². The first kappa shape index (κ1) is 18.6. The molecule has 0 amide bonds. The Morgan fingerprint density at radius 2 is 1.67 bits per heavy atom. The van der Waals surface area contributed by atoms with E-state index in [1.54, 1.807) is 48.6 Å². The third kappa shape index (κ3) is 4.72. The summed E-state index contributed by atoms with van der Waals surface area (Å²) in [5, 5.41) is 10.2. The van der Waals surface area contributed by atoms with Gasteiger partial charge in [-0.3, -0.25) is 5.21 Å². The van der Waals surface area contributed by atoms with Crippen LogP contribution in [0.2, 0.25) is 0 Å². The molecule has 1 aromatic rings. The molecule has 1 aliphatic carbocycles. The first-order chi connectivity index (χ1) is 13.0. The first-order valence-electron chi connectivity index (χ1n) is 8.08. The lowest BCUT2D eigenvalue weighted by atomic mass is 10.0. The molecular formula is C20H18N2O4S. The number of hydrogen-bond donors (Lipinski definition) is 1. The molecule has 1 aromatic carbocycles.